The van der Waals surface area contributed by atoms with Crippen molar-refractivity contribution in [2.24, 2.45) is 5.92 Å². The van der Waals surface area contributed by atoms with Crippen LogP contribution in [0.25, 0.3) is 11.0 Å². The highest BCUT2D eigenvalue weighted by Crippen LogP contribution is 2.36. The van der Waals surface area contributed by atoms with Crippen LogP contribution in [0, 0.1) is 11.7 Å². The molecule has 1 unspecified atom stereocenters. The second kappa shape index (κ2) is 10.2. The van der Waals surface area contributed by atoms with E-state index in [-0.39, 0.29) is 17.7 Å². The molecule has 0 bridgehead atoms. The Balaban J connectivity index is 1.22. The number of likely N-dealkylation sites (tertiary alicyclic amines) is 1. The summed E-state index contributed by atoms with van der Waals surface area (Å²) in [4.78, 5) is 20.5. The van der Waals surface area contributed by atoms with Crippen molar-refractivity contribution in [2.75, 3.05) is 19.6 Å². The molecular weight excluding hydrogens is 415 g/mol. The van der Waals surface area contributed by atoms with Gasteiger partial charge in [-0.3, -0.25) is 9.78 Å². The molecule has 0 N–H and O–H groups in total. The summed E-state index contributed by atoms with van der Waals surface area (Å²) >= 11 is 0. The van der Waals surface area contributed by atoms with Crippen LogP contribution in [0.15, 0.2) is 53.3 Å². The summed E-state index contributed by atoms with van der Waals surface area (Å²) in [5.74, 6) is 0.654. The standard InChI is InChI=1S/C28H33FN2O2/c29-25-10-9-22(28-23(25)14-19-33-28)20-11-16-31(17-12-20)18-13-24(26-8-4-5-15-30-26)27(32)21-6-2-1-3-7-21/h4-5,8-10,14-15,19-21,24H,1-3,6-7,11-13,16-18H2. The molecule has 5 heteroatoms. The van der Waals surface area contributed by atoms with Gasteiger partial charge < -0.3 is 9.32 Å². The van der Waals surface area contributed by atoms with E-state index < -0.39 is 0 Å². The van der Waals surface area contributed by atoms with Gasteiger partial charge >= 0.3 is 0 Å². The Labute approximate surface area is 195 Å². The zero-order chi connectivity index (χ0) is 22.6. The fraction of sp³-hybridized carbons (Fsp3) is 0.500. The number of pyridine rings is 1. The van der Waals surface area contributed by atoms with Crippen molar-refractivity contribution >= 4 is 16.8 Å². The Morgan fingerprint density at radius 2 is 1.88 bits per heavy atom. The number of hydrogen-bond acceptors (Lipinski definition) is 4. The quantitative estimate of drug-likeness (QED) is 0.416. The number of Topliss-reactive ketones (excluding diaryl/α,β-unsaturated/α-hetero) is 1. The minimum absolute atomic E-state index is 0.105. The van der Waals surface area contributed by atoms with Gasteiger partial charge in [-0.25, -0.2) is 4.39 Å². The summed E-state index contributed by atoms with van der Waals surface area (Å²) in [6.07, 6.45) is 11.9. The van der Waals surface area contributed by atoms with Gasteiger partial charge in [-0.2, -0.15) is 0 Å². The number of nitrogens with zero attached hydrogens (tertiary/aromatic N) is 2. The summed E-state index contributed by atoms with van der Waals surface area (Å²) in [6.45, 7) is 2.87. The van der Waals surface area contributed by atoms with Gasteiger partial charge in [-0.15, -0.1) is 0 Å². The monoisotopic (exact) mass is 448 g/mol. The minimum atomic E-state index is -0.219. The molecule has 2 aliphatic rings. The highest BCUT2D eigenvalue weighted by atomic mass is 19.1. The average molecular weight is 449 g/mol. The van der Waals surface area contributed by atoms with Gasteiger partial charge in [0, 0.05) is 12.1 Å². The van der Waals surface area contributed by atoms with E-state index in [4.69, 9.17) is 4.42 Å². The van der Waals surface area contributed by atoms with Crippen molar-refractivity contribution in [1.29, 1.82) is 0 Å². The van der Waals surface area contributed by atoms with Crippen LogP contribution in [-0.2, 0) is 4.79 Å². The Morgan fingerprint density at radius 3 is 2.64 bits per heavy atom. The molecule has 174 valence electrons. The zero-order valence-electron chi connectivity index (χ0n) is 19.2. The van der Waals surface area contributed by atoms with Gasteiger partial charge in [-0.1, -0.05) is 31.4 Å². The van der Waals surface area contributed by atoms with E-state index in [1.54, 1.807) is 24.6 Å². The predicted octanol–water partition coefficient (Wildman–Crippen LogP) is 6.47. The van der Waals surface area contributed by atoms with Crippen molar-refractivity contribution in [3.8, 4) is 0 Å². The fourth-order valence-corrected chi connectivity index (χ4v) is 5.84. The summed E-state index contributed by atoms with van der Waals surface area (Å²) in [5, 5.41) is 0.578. The molecule has 1 atom stereocenters. The molecular formula is C28H33FN2O2. The maximum absolute atomic E-state index is 14.0. The number of ketones is 1. The second-order valence-corrected chi connectivity index (χ2v) is 9.75. The number of piperidine rings is 1. The molecule has 1 aliphatic heterocycles. The third kappa shape index (κ3) is 4.89. The molecule has 0 spiro atoms. The first kappa shape index (κ1) is 22.3. The lowest BCUT2D eigenvalue weighted by atomic mass is 9.79. The molecule has 1 aliphatic carbocycles. The first-order valence-corrected chi connectivity index (χ1v) is 12.5. The lowest BCUT2D eigenvalue weighted by Crippen LogP contribution is -2.35. The maximum atomic E-state index is 14.0. The zero-order valence-corrected chi connectivity index (χ0v) is 19.2. The topological polar surface area (TPSA) is 46.3 Å². The van der Waals surface area contributed by atoms with Crippen molar-refractivity contribution in [1.82, 2.24) is 9.88 Å². The number of carbonyl (C=O) groups excluding carboxylic acids is 1. The van der Waals surface area contributed by atoms with Crippen LogP contribution in [0.4, 0.5) is 4.39 Å². The normalized spacial score (nSPS) is 19.7. The molecule has 0 radical (unpaired) electrons. The smallest absolute Gasteiger partial charge is 0.145 e. The number of furan rings is 1. The van der Waals surface area contributed by atoms with E-state index in [1.165, 1.54) is 19.3 Å². The van der Waals surface area contributed by atoms with Gasteiger partial charge in [0.25, 0.3) is 0 Å². The first-order valence-electron chi connectivity index (χ1n) is 12.5. The second-order valence-electron chi connectivity index (χ2n) is 9.75. The third-order valence-electron chi connectivity index (χ3n) is 7.75. The van der Waals surface area contributed by atoms with E-state index in [0.717, 1.165) is 63.0 Å². The highest BCUT2D eigenvalue weighted by molar-refractivity contribution is 5.87. The summed E-state index contributed by atoms with van der Waals surface area (Å²) < 4.78 is 19.7. The van der Waals surface area contributed by atoms with Gasteiger partial charge in [0.05, 0.1) is 23.3 Å². The van der Waals surface area contributed by atoms with E-state index in [1.807, 2.05) is 24.3 Å². The SMILES string of the molecule is O=C(C1CCCCC1)C(CCN1CCC(c2ccc(F)c3ccoc23)CC1)c1ccccn1. The van der Waals surface area contributed by atoms with E-state index in [0.29, 0.717) is 22.7 Å². The molecule has 33 heavy (non-hydrogen) atoms. The number of hydrogen-bond donors (Lipinski definition) is 0. The molecule has 1 saturated carbocycles. The average Bonchev–Trinajstić information content (AvgIpc) is 3.37. The van der Waals surface area contributed by atoms with E-state index in [9.17, 15) is 9.18 Å². The van der Waals surface area contributed by atoms with Crippen molar-refractivity contribution < 1.29 is 13.6 Å². The molecule has 5 rings (SSSR count). The lowest BCUT2D eigenvalue weighted by Gasteiger charge is -2.33. The van der Waals surface area contributed by atoms with Crippen molar-refractivity contribution in [3.05, 3.63) is 65.9 Å². The van der Waals surface area contributed by atoms with E-state index >= 15 is 0 Å². The molecule has 4 nitrogen and oxygen atoms in total. The molecule has 1 saturated heterocycles. The number of fused-ring (bicyclic) bond motifs is 1. The Kier molecular flexibility index (Phi) is 6.86. The largest absolute Gasteiger partial charge is 0.464 e. The number of halogens is 1. The molecule has 0 amide bonds. The maximum Gasteiger partial charge on any atom is 0.145 e. The van der Waals surface area contributed by atoms with Crippen LogP contribution in [0.1, 0.15) is 74.5 Å². The molecule has 2 aromatic heterocycles. The lowest BCUT2D eigenvalue weighted by molar-refractivity contribution is -0.125. The molecule has 3 heterocycles. The van der Waals surface area contributed by atoms with E-state index in [2.05, 4.69) is 9.88 Å². The van der Waals surface area contributed by atoms with Crippen LogP contribution < -0.4 is 0 Å². The van der Waals surface area contributed by atoms with Gasteiger partial charge in [-0.05, 0) is 87.5 Å². The Morgan fingerprint density at radius 1 is 1.06 bits per heavy atom. The number of benzene rings is 1. The van der Waals surface area contributed by atoms with Gasteiger partial charge in [0.1, 0.15) is 17.2 Å². The van der Waals surface area contributed by atoms with Crippen molar-refractivity contribution in [3.63, 3.8) is 0 Å². The summed E-state index contributed by atoms with van der Waals surface area (Å²) in [5.41, 5.74) is 2.74. The Hall–Kier alpha value is -2.53. The molecule has 2 fully saturated rings. The first-order chi connectivity index (χ1) is 16.2. The number of carbonyl (C=O) groups is 1. The number of rotatable bonds is 7. The van der Waals surface area contributed by atoms with Gasteiger partial charge in [0.2, 0.25) is 0 Å². The van der Waals surface area contributed by atoms with Crippen LogP contribution in [0.2, 0.25) is 0 Å². The molecule has 1 aromatic carbocycles. The minimum Gasteiger partial charge on any atom is -0.464 e. The summed E-state index contributed by atoms with van der Waals surface area (Å²) in [6, 6.07) is 11.1. The van der Waals surface area contributed by atoms with Crippen LogP contribution >= 0.6 is 0 Å². The Bertz CT molecular complexity index is 1070. The van der Waals surface area contributed by atoms with Crippen molar-refractivity contribution in [2.45, 2.75) is 63.2 Å². The summed E-state index contributed by atoms with van der Waals surface area (Å²) in [7, 11) is 0. The van der Waals surface area contributed by atoms with Crippen LogP contribution in [0.3, 0.4) is 0 Å². The fourth-order valence-electron chi connectivity index (χ4n) is 5.84. The number of aromatic nitrogens is 1. The van der Waals surface area contributed by atoms with Gasteiger partial charge in [0.15, 0.2) is 0 Å². The third-order valence-corrected chi connectivity index (χ3v) is 7.75. The van der Waals surface area contributed by atoms with Crippen LogP contribution in [-0.4, -0.2) is 35.3 Å². The van der Waals surface area contributed by atoms with Crippen LogP contribution in [0.5, 0.6) is 0 Å². The molecule has 3 aromatic rings. The highest BCUT2D eigenvalue weighted by Gasteiger charge is 2.31. The predicted molar refractivity (Wildman–Crippen MR) is 128 cm³/mol.